The number of aromatic nitrogens is 5. The number of imidazole rings is 1. The molecule has 7 nitrogen and oxygen atoms in total. The second kappa shape index (κ2) is 6.54. The molecule has 0 saturated carbocycles. The summed E-state index contributed by atoms with van der Waals surface area (Å²) in [4.78, 5) is 28.2. The lowest BCUT2D eigenvalue weighted by Crippen LogP contribution is -2.17. The lowest BCUT2D eigenvalue weighted by Gasteiger charge is -2.10. The topological polar surface area (TPSA) is 85.6 Å². The second-order valence-electron chi connectivity index (χ2n) is 5.46. The minimum Gasteiger partial charge on any atom is -0.332 e. The zero-order valence-corrected chi connectivity index (χ0v) is 13.7. The number of pyridine rings is 1. The van der Waals surface area contributed by atoms with Crippen molar-refractivity contribution in [3.8, 4) is 11.4 Å². The Labute approximate surface area is 146 Å². The molecule has 0 aliphatic heterocycles. The molecule has 0 saturated heterocycles. The van der Waals surface area contributed by atoms with Gasteiger partial charge in [0.05, 0.1) is 42.0 Å². The van der Waals surface area contributed by atoms with E-state index in [0.29, 0.717) is 17.1 Å². The van der Waals surface area contributed by atoms with Crippen LogP contribution in [-0.4, -0.2) is 30.4 Å². The van der Waals surface area contributed by atoms with E-state index >= 15 is 0 Å². The van der Waals surface area contributed by atoms with Gasteiger partial charge in [0.2, 0.25) is 0 Å². The lowest BCUT2D eigenvalue weighted by atomic mass is 10.2. The molecular formula is C16H13F3N6O. The molecule has 0 aromatic carbocycles. The number of anilines is 1. The smallest absolute Gasteiger partial charge is 0.332 e. The predicted octanol–water partition coefficient (Wildman–Crippen LogP) is 2.85. The number of carbonyl (C=O) groups excluding carboxylic acids is 1. The SMILES string of the molecule is Cc1ncc(-c2cncn2C)nc1C(=O)Nc1ccc(C(F)(F)F)nc1. The number of carbonyl (C=O) groups is 1. The first-order chi connectivity index (χ1) is 12.3. The average molecular weight is 362 g/mol. The quantitative estimate of drug-likeness (QED) is 0.774. The highest BCUT2D eigenvalue weighted by Gasteiger charge is 2.32. The van der Waals surface area contributed by atoms with Gasteiger partial charge in [0.1, 0.15) is 17.1 Å². The summed E-state index contributed by atoms with van der Waals surface area (Å²) in [6.07, 6.45) is 1.09. The maximum absolute atomic E-state index is 12.5. The number of hydrogen-bond acceptors (Lipinski definition) is 5. The maximum atomic E-state index is 12.5. The summed E-state index contributed by atoms with van der Waals surface area (Å²) < 4.78 is 39.3. The van der Waals surface area contributed by atoms with Crippen molar-refractivity contribution in [3.63, 3.8) is 0 Å². The third kappa shape index (κ3) is 3.53. The minimum absolute atomic E-state index is 0.0589. The first kappa shape index (κ1) is 17.5. The van der Waals surface area contributed by atoms with Crippen LogP contribution >= 0.6 is 0 Å². The molecule has 3 heterocycles. The van der Waals surface area contributed by atoms with Crippen LogP contribution in [0.1, 0.15) is 21.9 Å². The summed E-state index contributed by atoms with van der Waals surface area (Å²) in [6.45, 7) is 1.61. The molecule has 0 fully saturated rings. The Morgan fingerprint density at radius 3 is 2.50 bits per heavy atom. The largest absolute Gasteiger partial charge is 0.433 e. The molecule has 3 aromatic heterocycles. The first-order valence-electron chi connectivity index (χ1n) is 7.40. The molecule has 3 aromatic rings. The molecule has 0 spiro atoms. The number of halogens is 3. The number of hydrogen-bond donors (Lipinski definition) is 1. The molecule has 0 atom stereocenters. The highest BCUT2D eigenvalue weighted by Crippen LogP contribution is 2.27. The second-order valence-corrected chi connectivity index (χ2v) is 5.46. The average Bonchev–Trinajstić information content (AvgIpc) is 3.01. The molecule has 0 aliphatic carbocycles. The van der Waals surface area contributed by atoms with Crippen molar-refractivity contribution in [2.24, 2.45) is 7.05 Å². The summed E-state index contributed by atoms with van der Waals surface area (Å²) in [5.41, 5.74) is 0.644. The molecule has 0 radical (unpaired) electrons. The molecule has 0 aliphatic rings. The van der Waals surface area contributed by atoms with Crippen LogP contribution < -0.4 is 5.32 Å². The van der Waals surface area contributed by atoms with Crippen molar-refractivity contribution >= 4 is 11.6 Å². The first-order valence-corrected chi connectivity index (χ1v) is 7.40. The number of nitrogens with one attached hydrogen (secondary N) is 1. The summed E-state index contributed by atoms with van der Waals surface area (Å²) >= 11 is 0. The van der Waals surface area contributed by atoms with Crippen molar-refractivity contribution in [1.29, 1.82) is 0 Å². The number of rotatable bonds is 3. The Kier molecular flexibility index (Phi) is 4.41. The van der Waals surface area contributed by atoms with Gasteiger partial charge in [0, 0.05) is 7.05 Å². The van der Waals surface area contributed by atoms with Gasteiger partial charge in [-0.15, -0.1) is 0 Å². The lowest BCUT2D eigenvalue weighted by molar-refractivity contribution is -0.141. The molecule has 3 rings (SSSR count). The van der Waals surface area contributed by atoms with Gasteiger partial charge < -0.3 is 9.88 Å². The van der Waals surface area contributed by atoms with Crippen molar-refractivity contribution in [2.75, 3.05) is 5.32 Å². The molecule has 0 bridgehead atoms. The van der Waals surface area contributed by atoms with Gasteiger partial charge >= 0.3 is 6.18 Å². The van der Waals surface area contributed by atoms with Crippen molar-refractivity contribution < 1.29 is 18.0 Å². The van der Waals surface area contributed by atoms with E-state index in [-0.39, 0.29) is 11.4 Å². The van der Waals surface area contributed by atoms with Gasteiger partial charge in [0.15, 0.2) is 0 Å². The monoisotopic (exact) mass is 362 g/mol. The highest BCUT2D eigenvalue weighted by molar-refractivity contribution is 6.03. The van der Waals surface area contributed by atoms with Crippen molar-refractivity contribution in [1.82, 2.24) is 24.5 Å². The summed E-state index contributed by atoms with van der Waals surface area (Å²) in [7, 11) is 1.78. The Morgan fingerprint density at radius 2 is 1.92 bits per heavy atom. The van der Waals surface area contributed by atoms with Crippen LogP contribution in [0.3, 0.4) is 0 Å². The molecule has 134 valence electrons. The molecule has 0 unspecified atom stereocenters. The van der Waals surface area contributed by atoms with Gasteiger partial charge in [0.25, 0.3) is 5.91 Å². The maximum Gasteiger partial charge on any atom is 0.433 e. The van der Waals surface area contributed by atoms with Crippen LogP contribution in [0.4, 0.5) is 18.9 Å². The van der Waals surface area contributed by atoms with Crippen LogP contribution in [0.2, 0.25) is 0 Å². The van der Waals surface area contributed by atoms with E-state index in [0.717, 1.165) is 18.3 Å². The van der Waals surface area contributed by atoms with Gasteiger partial charge in [-0.2, -0.15) is 13.2 Å². The standard InChI is InChI=1S/C16H13F3N6O/c1-9-14(24-11(6-21-9)12-7-20-8-25(12)2)15(26)23-10-3-4-13(22-5-10)16(17,18)19/h3-8H,1-2H3,(H,23,26). The van der Waals surface area contributed by atoms with Crippen molar-refractivity contribution in [2.45, 2.75) is 13.1 Å². The van der Waals surface area contributed by atoms with E-state index in [4.69, 9.17) is 0 Å². The van der Waals surface area contributed by atoms with E-state index in [1.807, 2.05) is 0 Å². The number of nitrogens with zero attached hydrogens (tertiary/aromatic N) is 5. The Hall–Kier alpha value is -3.30. The van der Waals surface area contributed by atoms with Crippen LogP contribution in [-0.2, 0) is 13.2 Å². The minimum atomic E-state index is -4.54. The zero-order chi connectivity index (χ0) is 18.9. The molecular weight excluding hydrogens is 349 g/mol. The predicted molar refractivity (Wildman–Crippen MR) is 86.2 cm³/mol. The third-order valence-corrected chi connectivity index (χ3v) is 3.56. The molecule has 10 heteroatoms. The van der Waals surface area contributed by atoms with Crippen LogP contribution in [0.15, 0.2) is 37.1 Å². The van der Waals surface area contributed by atoms with Gasteiger partial charge in [-0.1, -0.05) is 0 Å². The zero-order valence-electron chi connectivity index (χ0n) is 13.7. The molecule has 1 amide bonds. The van der Waals surface area contributed by atoms with Crippen molar-refractivity contribution in [3.05, 3.63) is 54.1 Å². The van der Waals surface area contributed by atoms with Gasteiger partial charge in [-0.25, -0.2) is 15.0 Å². The number of alkyl halides is 3. The fraction of sp³-hybridized carbons (Fsp3) is 0.188. The summed E-state index contributed by atoms with van der Waals surface area (Å²) in [6, 6.07) is 1.92. The third-order valence-electron chi connectivity index (χ3n) is 3.56. The Balaban J connectivity index is 1.85. The molecule has 26 heavy (non-hydrogen) atoms. The summed E-state index contributed by atoms with van der Waals surface area (Å²) in [5.74, 6) is -0.597. The summed E-state index contributed by atoms with van der Waals surface area (Å²) in [5, 5.41) is 2.47. The highest BCUT2D eigenvalue weighted by atomic mass is 19.4. The van der Waals surface area contributed by atoms with Crippen LogP contribution in [0, 0.1) is 6.92 Å². The van der Waals surface area contributed by atoms with Crippen LogP contribution in [0.25, 0.3) is 11.4 Å². The number of aryl methyl sites for hydroxylation is 2. The van der Waals surface area contributed by atoms with E-state index in [9.17, 15) is 18.0 Å². The normalized spacial score (nSPS) is 11.4. The van der Waals surface area contributed by atoms with E-state index in [2.05, 4.69) is 25.3 Å². The van der Waals surface area contributed by atoms with E-state index in [1.165, 1.54) is 6.20 Å². The number of amides is 1. The van der Waals surface area contributed by atoms with E-state index in [1.54, 1.807) is 31.1 Å². The van der Waals surface area contributed by atoms with Gasteiger partial charge in [-0.3, -0.25) is 9.78 Å². The fourth-order valence-corrected chi connectivity index (χ4v) is 2.22. The Bertz CT molecular complexity index is 949. The fourth-order valence-electron chi connectivity index (χ4n) is 2.22. The van der Waals surface area contributed by atoms with Gasteiger partial charge in [-0.05, 0) is 19.1 Å². The Morgan fingerprint density at radius 1 is 1.15 bits per heavy atom. The van der Waals surface area contributed by atoms with E-state index < -0.39 is 17.8 Å². The molecule has 1 N–H and O–H groups in total. The van der Waals surface area contributed by atoms with Crippen LogP contribution in [0.5, 0.6) is 0 Å².